The lowest BCUT2D eigenvalue weighted by molar-refractivity contribution is -0.118. The van der Waals surface area contributed by atoms with Gasteiger partial charge in [-0.05, 0) is 37.7 Å². The molecule has 1 aliphatic heterocycles. The third kappa shape index (κ3) is 2.83. The van der Waals surface area contributed by atoms with Crippen molar-refractivity contribution in [3.63, 3.8) is 0 Å². The fraction of sp³-hybridized carbons (Fsp3) is 0.500. The molecule has 2 rings (SSSR count). The van der Waals surface area contributed by atoms with Gasteiger partial charge in [-0.3, -0.25) is 4.79 Å². The largest absolute Gasteiger partial charge is 0.312 e. The van der Waals surface area contributed by atoms with Crippen molar-refractivity contribution in [3.8, 4) is 0 Å². The zero-order valence-electron chi connectivity index (χ0n) is 10.5. The molecule has 92 valence electrons. The zero-order chi connectivity index (χ0) is 12.3. The molecule has 0 spiro atoms. The van der Waals surface area contributed by atoms with Crippen molar-refractivity contribution in [1.82, 2.24) is 0 Å². The monoisotopic (exact) mass is 249 g/mol. The minimum absolute atomic E-state index is 0.268. The lowest BCUT2D eigenvalue weighted by atomic mass is 9.99. The van der Waals surface area contributed by atoms with Crippen LogP contribution in [0.1, 0.15) is 24.0 Å². The first-order valence-corrected chi connectivity index (χ1v) is 7.50. The van der Waals surface area contributed by atoms with Crippen molar-refractivity contribution in [1.29, 1.82) is 0 Å². The lowest BCUT2D eigenvalue weighted by Gasteiger charge is -2.29. The summed E-state index contributed by atoms with van der Waals surface area (Å²) in [7, 11) is 0. The van der Waals surface area contributed by atoms with Crippen LogP contribution in [0.15, 0.2) is 18.2 Å². The summed E-state index contributed by atoms with van der Waals surface area (Å²) < 4.78 is 0. The van der Waals surface area contributed by atoms with Gasteiger partial charge in [0, 0.05) is 24.4 Å². The van der Waals surface area contributed by atoms with E-state index in [4.69, 9.17) is 0 Å². The average molecular weight is 249 g/mol. The summed E-state index contributed by atoms with van der Waals surface area (Å²) in [6.45, 7) is 2.98. The number of hydrogen-bond donors (Lipinski definition) is 0. The number of carbonyl (C=O) groups is 1. The summed E-state index contributed by atoms with van der Waals surface area (Å²) >= 11 is 1.73. The molecule has 0 fully saturated rings. The van der Waals surface area contributed by atoms with Gasteiger partial charge in [0.25, 0.3) is 0 Å². The number of anilines is 1. The quantitative estimate of drug-likeness (QED) is 0.820. The van der Waals surface area contributed by atoms with E-state index >= 15 is 0 Å². The van der Waals surface area contributed by atoms with Gasteiger partial charge < -0.3 is 4.90 Å². The Morgan fingerprint density at radius 3 is 3.06 bits per heavy atom. The van der Waals surface area contributed by atoms with Crippen LogP contribution in [0.3, 0.4) is 0 Å². The van der Waals surface area contributed by atoms with Crippen molar-refractivity contribution < 1.29 is 4.79 Å². The first-order chi connectivity index (χ1) is 8.22. The molecule has 0 unspecified atom stereocenters. The highest BCUT2D eigenvalue weighted by Crippen LogP contribution is 2.28. The maximum Gasteiger partial charge on any atom is 0.227 e. The fourth-order valence-electron chi connectivity index (χ4n) is 2.31. The highest BCUT2D eigenvalue weighted by molar-refractivity contribution is 7.98. The second-order valence-corrected chi connectivity index (χ2v) is 5.51. The van der Waals surface area contributed by atoms with Gasteiger partial charge in [0.15, 0.2) is 0 Å². The summed E-state index contributed by atoms with van der Waals surface area (Å²) in [4.78, 5) is 14.1. The van der Waals surface area contributed by atoms with Gasteiger partial charge in [0.1, 0.15) is 0 Å². The molecule has 0 saturated heterocycles. The van der Waals surface area contributed by atoms with Crippen LogP contribution in [-0.2, 0) is 11.2 Å². The third-order valence-electron chi connectivity index (χ3n) is 3.17. The van der Waals surface area contributed by atoms with Gasteiger partial charge >= 0.3 is 0 Å². The Hall–Kier alpha value is -0.960. The van der Waals surface area contributed by atoms with E-state index in [0.29, 0.717) is 6.42 Å². The minimum Gasteiger partial charge on any atom is -0.312 e. The maximum atomic E-state index is 12.1. The molecule has 0 N–H and O–H groups in total. The molecule has 0 aliphatic carbocycles. The molecule has 1 aromatic rings. The Morgan fingerprint density at radius 2 is 2.29 bits per heavy atom. The van der Waals surface area contributed by atoms with Crippen LogP contribution in [0, 0.1) is 6.92 Å². The first kappa shape index (κ1) is 12.5. The fourth-order valence-corrected chi connectivity index (χ4v) is 2.69. The second-order valence-electron chi connectivity index (χ2n) is 4.52. The molecular formula is C14H19NOS. The number of nitrogens with zero attached hydrogens (tertiary/aromatic N) is 1. The molecule has 0 atom stereocenters. The Labute approximate surface area is 107 Å². The number of hydrogen-bond acceptors (Lipinski definition) is 2. The average Bonchev–Trinajstić information content (AvgIpc) is 2.34. The normalized spacial score (nSPS) is 14.6. The van der Waals surface area contributed by atoms with E-state index in [2.05, 4.69) is 25.1 Å². The SMILES string of the molecule is CSCCC(=O)N1CCCc2cc(C)ccc21. The van der Waals surface area contributed by atoms with Crippen LogP contribution in [-0.4, -0.2) is 24.5 Å². The van der Waals surface area contributed by atoms with Gasteiger partial charge in [-0.2, -0.15) is 11.8 Å². The van der Waals surface area contributed by atoms with Gasteiger partial charge in [0.05, 0.1) is 0 Å². The van der Waals surface area contributed by atoms with Crippen LogP contribution in [0.2, 0.25) is 0 Å². The van der Waals surface area contributed by atoms with Crippen LogP contribution in [0.5, 0.6) is 0 Å². The van der Waals surface area contributed by atoms with E-state index in [0.717, 1.165) is 30.8 Å². The predicted octanol–water partition coefficient (Wildman–Crippen LogP) is 3.03. The van der Waals surface area contributed by atoms with E-state index in [1.807, 2.05) is 11.2 Å². The van der Waals surface area contributed by atoms with Gasteiger partial charge in [0.2, 0.25) is 5.91 Å². The van der Waals surface area contributed by atoms with Crippen LogP contribution in [0.25, 0.3) is 0 Å². The molecule has 17 heavy (non-hydrogen) atoms. The molecule has 0 radical (unpaired) electrons. The lowest BCUT2D eigenvalue weighted by Crippen LogP contribution is -2.35. The van der Waals surface area contributed by atoms with Gasteiger partial charge in [-0.25, -0.2) is 0 Å². The highest BCUT2D eigenvalue weighted by atomic mass is 32.2. The predicted molar refractivity (Wildman–Crippen MR) is 74.9 cm³/mol. The maximum absolute atomic E-state index is 12.1. The Balaban J connectivity index is 2.19. The molecule has 1 heterocycles. The third-order valence-corrected chi connectivity index (χ3v) is 3.79. The minimum atomic E-state index is 0.268. The Bertz CT molecular complexity index is 417. The number of rotatable bonds is 3. The molecule has 3 heteroatoms. The number of fused-ring (bicyclic) bond motifs is 1. The topological polar surface area (TPSA) is 20.3 Å². The zero-order valence-corrected chi connectivity index (χ0v) is 11.3. The van der Waals surface area contributed by atoms with Crippen LogP contribution in [0.4, 0.5) is 5.69 Å². The van der Waals surface area contributed by atoms with E-state index in [-0.39, 0.29) is 5.91 Å². The number of benzene rings is 1. The Kier molecular flexibility index (Phi) is 4.11. The molecule has 1 aromatic carbocycles. The molecule has 1 amide bonds. The molecular weight excluding hydrogens is 230 g/mol. The second kappa shape index (κ2) is 5.58. The van der Waals surface area contributed by atoms with E-state index in [1.54, 1.807) is 11.8 Å². The molecule has 2 nitrogen and oxygen atoms in total. The number of thioether (sulfide) groups is 1. The van der Waals surface area contributed by atoms with Crippen molar-refractivity contribution in [3.05, 3.63) is 29.3 Å². The Morgan fingerprint density at radius 1 is 1.47 bits per heavy atom. The number of carbonyl (C=O) groups excluding carboxylic acids is 1. The molecule has 1 aliphatic rings. The summed E-state index contributed by atoms with van der Waals surface area (Å²) in [5.74, 6) is 1.18. The standard InChI is InChI=1S/C14H19NOS/c1-11-5-6-13-12(10-11)4-3-8-15(13)14(16)7-9-17-2/h5-6,10H,3-4,7-9H2,1-2H3. The van der Waals surface area contributed by atoms with Crippen molar-refractivity contribution in [2.24, 2.45) is 0 Å². The first-order valence-electron chi connectivity index (χ1n) is 6.11. The smallest absolute Gasteiger partial charge is 0.227 e. The number of aryl methyl sites for hydroxylation is 2. The van der Waals surface area contributed by atoms with E-state index < -0.39 is 0 Å². The van der Waals surface area contributed by atoms with Crippen LogP contribution < -0.4 is 4.90 Å². The van der Waals surface area contributed by atoms with E-state index in [1.165, 1.54) is 11.1 Å². The molecule has 0 saturated carbocycles. The summed E-state index contributed by atoms with van der Waals surface area (Å²) in [6.07, 6.45) is 4.88. The van der Waals surface area contributed by atoms with Gasteiger partial charge in [-0.1, -0.05) is 17.7 Å². The van der Waals surface area contributed by atoms with Crippen molar-refractivity contribution in [2.45, 2.75) is 26.2 Å². The van der Waals surface area contributed by atoms with Gasteiger partial charge in [-0.15, -0.1) is 0 Å². The summed E-state index contributed by atoms with van der Waals surface area (Å²) in [6, 6.07) is 6.41. The van der Waals surface area contributed by atoms with Crippen molar-refractivity contribution in [2.75, 3.05) is 23.5 Å². The highest BCUT2D eigenvalue weighted by Gasteiger charge is 2.21. The van der Waals surface area contributed by atoms with E-state index in [9.17, 15) is 4.79 Å². The molecule has 0 bridgehead atoms. The summed E-state index contributed by atoms with van der Waals surface area (Å²) in [5.41, 5.74) is 3.74. The van der Waals surface area contributed by atoms with Crippen molar-refractivity contribution >= 4 is 23.4 Å². The number of amides is 1. The van der Waals surface area contributed by atoms with Crippen LogP contribution >= 0.6 is 11.8 Å². The summed E-state index contributed by atoms with van der Waals surface area (Å²) in [5, 5.41) is 0. The molecule has 0 aromatic heterocycles.